The van der Waals surface area contributed by atoms with Crippen molar-refractivity contribution in [2.24, 2.45) is 5.41 Å². The van der Waals surface area contributed by atoms with E-state index >= 15 is 0 Å². The smallest absolute Gasteiger partial charge is 0.412 e. The SMILES string of the molecule is COc1ccccc1NC(=O)OC1CCCC(C)(C)C1. The van der Waals surface area contributed by atoms with E-state index in [1.165, 1.54) is 6.42 Å². The van der Waals surface area contributed by atoms with E-state index < -0.39 is 6.09 Å². The van der Waals surface area contributed by atoms with E-state index in [2.05, 4.69) is 19.2 Å². The lowest BCUT2D eigenvalue weighted by molar-refractivity contribution is 0.0457. The predicted molar refractivity (Wildman–Crippen MR) is 79.1 cm³/mol. The van der Waals surface area contributed by atoms with Crippen LogP contribution in [0.25, 0.3) is 0 Å². The van der Waals surface area contributed by atoms with Gasteiger partial charge in [-0.25, -0.2) is 4.79 Å². The summed E-state index contributed by atoms with van der Waals surface area (Å²) in [6.07, 6.45) is 3.78. The Hall–Kier alpha value is -1.71. The molecule has 0 heterocycles. The first-order valence-corrected chi connectivity index (χ1v) is 7.11. The van der Waals surface area contributed by atoms with E-state index in [9.17, 15) is 4.79 Å². The third kappa shape index (κ3) is 3.89. The summed E-state index contributed by atoms with van der Waals surface area (Å²) >= 11 is 0. The standard InChI is InChI=1S/C16H23NO3/c1-16(2)10-6-7-12(11-16)20-15(18)17-13-8-4-5-9-14(13)19-3/h4-5,8-9,12H,6-7,10-11H2,1-3H3,(H,17,18). The molecule has 1 atom stereocenters. The monoisotopic (exact) mass is 277 g/mol. The fourth-order valence-electron chi connectivity index (χ4n) is 2.77. The number of amides is 1. The van der Waals surface area contributed by atoms with Crippen molar-refractivity contribution in [1.29, 1.82) is 0 Å². The highest BCUT2D eigenvalue weighted by Crippen LogP contribution is 2.36. The molecule has 110 valence electrons. The van der Waals surface area contributed by atoms with Gasteiger partial charge < -0.3 is 9.47 Å². The maximum atomic E-state index is 12.0. The van der Waals surface area contributed by atoms with Gasteiger partial charge in [-0.15, -0.1) is 0 Å². The van der Waals surface area contributed by atoms with Crippen LogP contribution in [0.15, 0.2) is 24.3 Å². The fraction of sp³-hybridized carbons (Fsp3) is 0.562. The van der Waals surface area contributed by atoms with Crippen molar-refractivity contribution in [2.45, 2.75) is 45.6 Å². The Morgan fingerprint density at radius 1 is 1.35 bits per heavy atom. The summed E-state index contributed by atoms with van der Waals surface area (Å²) in [5, 5.41) is 2.75. The Kier molecular flexibility index (Phi) is 4.53. The molecule has 1 fully saturated rings. The minimum Gasteiger partial charge on any atom is -0.495 e. The Morgan fingerprint density at radius 3 is 2.80 bits per heavy atom. The number of hydrogen-bond donors (Lipinski definition) is 1. The van der Waals surface area contributed by atoms with Crippen molar-refractivity contribution in [2.75, 3.05) is 12.4 Å². The van der Waals surface area contributed by atoms with Gasteiger partial charge in [-0.3, -0.25) is 5.32 Å². The number of methoxy groups -OCH3 is 1. The summed E-state index contributed by atoms with van der Waals surface area (Å²) < 4.78 is 10.7. The van der Waals surface area contributed by atoms with Crippen molar-refractivity contribution in [3.63, 3.8) is 0 Å². The van der Waals surface area contributed by atoms with E-state index in [1.807, 2.05) is 12.1 Å². The molecule has 20 heavy (non-hydrogen) atoms. The average Bonchev–Trinajstić information content (AvgIpc) is 2.38. The Labute approximate surface area is 120 Å². The van der Waals surface area contributed by atoms with Gasteiger partial charge in [0.05, 0.1) is 12.8 Å². The van der Waals surface area contributed by atoms with Crippen molar-refractivity contribution >= 4 is 11.8 Å². The van der Waals surface area contributed by atoms with Crippen LogP contribution in [0.5, 0.6) is 5.75 Å². The third-order valence-electron chi connectivity index (χ3n) is 3.78. The van der Waals surface area contributed by atoms with Crippen LogP contribution in [0.1, 0.15) is 39.5 Å². The van der Waals surface area contributed by atoms with E-state index in [-0.39, 0.29) is 11.5 Å². The van der Waals surface area contributed by atoms with E-state index in [1.54, 1.807) is 19.2 Å². The lowest BCUT2D eigenvalue weighted by atomic mass is 9.76. The van der Waals surface area contributed by atoms with Gasteiger partial charge in [0.25, 0.3) is 0 Å². The number of anilines is 1. The zero-order valence-corrected chi connectivity index (χ0v) is 12.4. The molecule has 0 bridgehead atoms. The van der Waals surface area contributed by atoms with Crippen molar-refractivity contribution in [3.8, 4) is 5.75 Å². The van der Waals surface area contributed by atoms with Gasteiger partial charge in [0.2, 0.25) is 0 Å². The first kappa shape index (κ1) is 14.7. The highest BCUT2D eigenvalue weighted by molar-refractivity contribution is 5.86. The van der Waals surface area contributed by atoms with Crippen LogP contribution < -0.4 is 10.1 Å². The molecule has 1 aromatic carbocycles. The number of hydrogen-bond acceptors (Lipinski definition) is 3. The molecule has 1 aliphatic rings. The highest BCUT2D eigenvalue weighted by Gasteiger charge is 2.30. The number of para-hydroxylation sites is 2. The second-order valence-corrected chi connectivity index (χ2v) is 6.11. The van der Waals surface area contributed by atoms with Crippen LogP contribution in [-0.4, -0.2) is 19.3 Å². The quantitative estimate of drug-likeness (QED) is 0.900. The summed E-state index contributed by atoms with van der Waals surface area (Å²) in [4.78, 5) is 12.0. The molecule has 1 amide bonds. The maximum Gasteiger partial charge on any atom is 0.412 e. The lowest BCUT2D eigenvalue weighted by Gasteiger charge is -2.34. The molecule has 0 saturated heterocycles. The average molecular weight is 277 g/mol. The van der Waals surface area contributed by atoms with Gasteiger partial charge in [-0.05, 0) is 43.2 Å². The molecular formula is C16H23NO3. The zero-order valence-electron chi connectivity index (χ0n) is 12.4. The van der Waals surface area contributed by atoms with Gasteiger partial charge in [0, 0.05) is 0 Å². The Morgan fingerprint density at radius 2 is 2.10 bits per heavy atom. The van der Waals surface area contributed by atoms with E-state index in [4.69, 9.17) is 9.47 Å². The maximum absolute atomic E-state index is 12.0. The van der Waals surface area contributed by atoms with Crippen LogP contribution in [-0.2, 0) is 4.74 Å². The summed E-state index contributed by atoms with van der Waals surface area (Å²) in [7, 11) is 1.58. The van der Waals surface area contributed by atoms with Crippen LogP contribution in [0.4, 0.5) is 10.5 Å². The topological polar surface area (TPSA) is 47.6 Å². The van der Waals surface area contributed by atoms with Gasteiger partial charge in [-0.2, -0.15) is 0 Å². The Bertz CT molecular complexity index is 471. The molecule has 1 aromatic rings. The minimum absolute atomic E-state index is 0.00783. The first-order chi connectivity index (χ1) is 9.50. The molecule has 1 unspecified atom stereocenters. The molecule has 1 saturated carbocycles. The lowest BCUT2D eigenvalue weighted by Crippen LogP contribution is -2.31. The van der Waals surface area contributed by atoms with Gasteiger partial charge in [0.1, 0.15) is 11.9 Å². The highest BCUT2D eigenvalue weighted by atomic mass is 16.6. The van der Waals surface area contributed by atoms with Gasteiger partial charge in [0.15, 0.2) is 0 Å². The van der Waals surface area contributed by atoms with Crippen LogP contribution in [0.2, 0.25) is 0 Å². The molecule has 0 aromatic heterocycles. The molecule has 0 aliphatic heterocycles. The summed E-state index contributed by atoms with van der Waals surface area (Å²) in [6, 6.07) is 7.31. The Balaban J connectivity index is 1.92. The molecular weight excluding hydrogens is 254 g/mol. The molecule has 0 radical (unpaired) electrons. The predicted octanol–water partition coefficient (Wildman–Crippen LogP) is 4.21. The fourth-order valence-corrected chi connectivity index (χ4v) is 2.77. The van der Waals surface area contributed by atoms with Crippen molar-refractivity contribution in [3.05, 3.63) is 24.3 Å². The van der Waals surface area contributed by atoms with Gasteiger partial charge >= 0.3 is 6.09 Å². The number of benzene rings is 1. The summed E-state index contributed by atoms with van der Waals surface area (Å²) in [5.74, 6) is 0.633. The molecule has 4 nitrogen and oxygen atoms in total. The van der Waals surface area contributed by atoms with Crippen LogP contribution >= 0.6 is 0 Å². The third-order valence-corrected chi connectivity index (χ3v) is 3.78. The molecule has 1 aliphatic carbocycles. The molecule has 4 heteroatoms. The molecule has 1 N–H and O–H groups in total. The summed E-state index contributed by atoms with van der Waals surface area (Å²) in [6.45, 7) is 4.45. The normalized spacial score (nSPS) is 21.1. The largest absolute Gasteiger partial charge is 0.495 e. The number of nitrogens with one attached hydrogen (secondary N) is 1. The van der Waals surface area contributed by atoms with E-state index in [0.29, 0.717) is 11.4 Å². The minimum atomic E-state index is -0.405. The number of ether oxygens (including phenoxy) is 2. The van der Waals surface area contributed by atoms with E-state index in [0.717, 1.165) is 19.3 Å². The first-order valence-electron chi connectivity index (χ1n) is 7.11. The second kappa shape index (κ2) is 6.16. The second-order valence-electron chi connectivity index (χ2n) is 6.11. The van der Waals surface area contributed by atoms with Crippen molar-refractivity contribution in [1.82, 2.24) is 0 Å². The molecule has 2 rings (SSSR count). The number of carbonyl (C=O) groups excluding carboxylic acids is 1. The van der Waals surface area contributed by atoms with Gasteiger partial charge in [-0.1, -0.05) is 26.0 Å². The number of carbonyl (C=O) groups is 1. The molecule has 0 spiro atoms. The van der Waals surface area contributed by atoms with Crippen LogP contribution in [0, 0.1) is 5.41 Å². The number of rotatable bonds is 3. The zero-order chi connectivity index (χ0) is 14.6. The van der Waals surface area contributed by atoms with Crippen molar-refractivity contribution < 1.29 is 14.3 Å². The summed E-state index contributed by atoms with van der Waals surface area (Å²) in [5.41, 5.74) is 0.892. The van der Waals surface area contributed by atoms with Crippen LogP contribution in [0.3, 0.4) is 0 Å².